The third-order valence-corrected chi connectivity index (χ3v) is 6.48. The van der Waals surface area contributed by atoms with Gasteiger partial charge in [-0.25, -0.2) is 22.7 Å². The average molecular weight is 385 g/mol. The summed E-state index contributed by atoms with van der Waals surface area (Å²) in [5.41, 5.74) is 3.15. The van der Waals surface area contributed by atoms with Crippen LogP contribution in [-0.2, 0) is 16.4 Å². The Morgan fingerprint density at radius 2 is 2.04 bits per heavy atom. The van der Waals surface area contributed by atoms with Crippen molar-refractivity contribution >= 4 is 15.8 Å². The molecular weight excluding hydrogens is 362 g/mol. The van der Waals surface area contributed by atoms with Crippen molar-refractivity contribution in [1.82, 2.24) is 23.7 Å². The van der Waals surface area contributed by atoms with Gasteiger partial charge < -0.3 is 0 Å². The lowest BCUT2D eigenvalue weighted by Gasteiger charge is -2.17. The van der Waals surface area contributed by atoms with E-state index in [4.69, 9.17) is 0 Å². The van der Waals surface area contributed by atoms with Gasteiger partial charge in [0.05, 0.1) is 18.1 Å². The molecular formula is C19H23N5O2S. The number of nitrogens with zero attached hydrogens (tertiary/aromatic N) is 5. The molecule has 0 bridgehead atoms. The molecule has 0 saturated carbocycles. The minimum atomic E-state index is -3.10. The molecule has 1 fully saturated rings. The lowest BCUT2D eigenvalue weighted by molar-refractivity contribution is 0.413. The Bertz CT molecular complexity index is 1050. The summed E-state index contributed by atoms with van der Waals surface area (Å²) in [4.78, 5) is 13.0. The van der Waals surface area contributed by atoms with E-state index in [-0.39, 0.29) is 0 Å². The highest BCUT2D eigenvalue weighted by Gasteiger charge is 2.23. The molecule has 3 aromatic rings. The molecule has 0 N–H and O–H groups in total. The molecule has 27 heavy (non-hydrogen) atoms. The van der Waals surface area contributed by atoms with E-state index in [0.717, 1.165) is 36.9 Å². The third kappa shape index (κ3) is 4.01. The molecule has 1 aliphatic heterocycles. The van der Waals surface area contributed by atoms with Gasteiger partial charge in [0.1, 0.15) is 0 Å². The summed E-state index contributed by atoms with van der Waals surface area (Å²) >= 11 is 0. The predicted octanol–water partition coefficient (Wildman–Crippen LogP) is 2.40. The molecule has 0 spiro atoms. The van der Waals surface area contributed by atoms with Crippen LogP contribution in [0.15, 0.2) is 43.1 Å². The number of hydrogen-bond donors (Lipinski definition) is 0. The van der Waals surface area contributed by atoms with E-state index in [1.165, 1.54) is 11.8 Å². The Hall–Kier alpha value is -2.32. The molecule has 7 nitrogen and oxygen atoms in total. The molecule has 1 unspecified atom stereocenters. The summed E-state index contributed by atoms with van der Waals surface area (Å²) < 4.78 is 27.1. The van der Waals surface area contributed by atoms with Gasteiger partial charge in [-0.3, -0.25) is 9.38 Å². The Kier molecular flexibility index (Phi) is 4.92. The molecule has 4 rings (SSSR count). The van der Waals surface area contributed by atoms with Gasteiger partial charge in [-0.1, -0.05) is 0 Å². The summed E-state index contributed by atoms with van der Waals surface area (Å²) in [7, 11) is -3.10. The maximum absolute atomic E-state index is 11.8. The van der Waals surface area contributed by atoms with Crippen molar-refractivity contribution < 1.29 is 8.42 Å². The van der Waals surface area contributed by atoms with Gasteiger partial charge in [-0.05, 0) is 49.3 Å². The molecule has 142 valence electrons. The molecule has 0 amide bonds. The zero-order valence-electron chi connectivity index (χ0n) is 15.3. The lowest BCUT2D eigenvalue weighted by Crippen LogP contribution is -2.30. The van der Waals surface area contributed by atoms with Crippen LogP contribution in [0.5, 0.6) is 0 Å². The van der Waals surface area contributed by atoms with E-state index >= 15 is 0 Å². The predicted molar refractivity (Wildman–Crippen MR) is 104 cm³/mol. The van der Waals surface area contributed by atoms with Crippen molar-refractivity contribution in [3.63, 3.8) is 0 Å². The number of hydrogen-bond acceptors (Lipinski definition) is 5. The van der Waals surface area contributed by atoms with E-state index in [0.29, 0.717) is 24.8 Å². The highest BCUT2D eigenvalue weighted by atomic mass is 32.2. The van der Waals surface area contributed by atoms with Crippen LogP contribution in [0, 0.1) is 5.92 Å². The number of rotatable bonds is 4. The van der Waals surface area contributed by atoms with Crippen LogP contribution in [0.1, 0.15) is 24.8 Å². The molecule has 1 aliphatic rings. The Balaban J connectivity index is 1.52. The first-order valence-electron chi connectivity index (χ1n) is 9.18. The topological polar surface area (TPSA) is 80.5 Å². The highest BCUT2D eigenvalue weighted by molar-refractivity contribution is 7.88. The summed E-state index contributed by atoms with van der Waals surface area (Å²) in [5.74, 6) is 1.14. The fourth-order valence-corrected chi connectivity index (χ4v) is 4.69. The van der Waals surface area contributed by atoms with E-state index in [2.05, 4.69) is 21.0 Å². The number of imidazole rings is 1. The maximum Gasteiger partial charge on any atom is 0.234 e. The average Bonchev–Trinajstić information content (AvgIpc) is 2.93. The molecule has 0 radical (unpaired) electrons. The minimum Gasteiger partial charge on any atom is -0.284 e. The van der Waals surface area contributed by atoms with Gasteiger partial charge in [0, 0.05) is 43.4 Å². The van der Waals surface area contributed by atoms with Gasteiger partial charge >= 0.3 is 0 Å². The van der Waals surface area contributed by atoms with E-state index in [9.17, 15) is 8.42 Å². The third-order valence-electron chi connectivity index (χ3n) is 5.18. The van der Waals surface area contributed by atoms with Crippen LogP contribution < -0.4 is 0 Å². The number of aromatic nitrogens is 4. The van der Waals surface area contributed by atoms with Gasteiger partial charge in [0.2, 0.25) is 15.8 Å². The second kappa shape index (κ2) is 7.36. The summed E-state index contributed by atoms with van der Waals surface area (Å²) in [6.45, 7) is 1.23. The van der Waals surface area contributed by atoms with Crippen molar-refractivity contribution in [3.05, 3.63) is 48.7 Å². The van der Waals surface area contributed by atoms with Crippen molar-refractivity contribution in [2.24, 2.45) is 5.92 Å². The van der Waals surface area contributed by atoms with Crippen molar-refractivity contribution in [2.75, 3.05) is 19.3 Å². The summed E-state index contributed by atoms with van der Waals surface area (Å²) in [5, 5.41) is 0. The van der Waals surface area contributed by atoms with Gasteiger partial charge in [0.25, 0.3) is 0 Å². The zero-order valence-corrected chi connectivity index (χ0v) is 16.1. The van der Waals surface area contributed by atoms with Crippen molar-refractivity contribution in [3.8, 4) is 11.3 Å². The second-order valence-corrected chi connectivity index (χ2v) is 9.16. The Labute approximate surface area is 159 Å². The van der Waals surface area contributed by atoms with Gasteiger partial charge in [-0.15, -0.1) is 0 Å². The van der Waals surface area contributed by atoms with Crippen LogP contribution in [-0.4, -0.2) is 51.4 Å². The van der Waals surface area contributed by atoms with Crippen LogP contribution in [0.3, 0.4) is 0 Å². The second-order valence-electron chi connectivity index (χ2n) is 7.18. The molecule has 8 heteroatoms. The molecule has 4 heterocycles. The van der Waals surface area contributed by atoms with Crippen molar-refractivity contribution in [2.45, 2.75) is 25.7 Å². The first-order valence-corrected chi connectivity index (χ1v) is 11.0. The SMILES string of the molecule is CS(=O)(=O)N1CCCC(Cc2cncc(-c3cnc4ncccn34)c2)CC1. The van der Waals surface area contributed by atoms with E-state index in [1.54, 1.807) is 10.5 Å². The minimum absolute atomic E-state index is 0.470. The standard InChI is InChI=1S/C19H23N5O2S/c1-27(25,26)23-7-2-4-15(5-9-23)10-16-11-17(13-20-12-16)18-14-22-19-21-6-3-8-24(18)19/h3,6,8,11-15H,2,4-5,7,9-10H2,1H3. The zero-order chi connectivity index (χ0) is 18.9. The fraction of sp³-hybridized carbons (Fsp3) is 0.421. The van der Waals surface area contributed by atoms with Crippen molar-refractivity contribution in [1.29, 1.82) is 0 Å². The van der Waals surface area contributed by atoms with E-state index in [1.807, 2.05) is 35.3 Å². The van der Waals surface area contributed by atoms with Gasteiger partial charge in [0.15, 0.2) is 0 Å². The largest absolute Gasteiger partial charge is 0.284 e. The Morgan fingerprint density at radius 3 is 2.89 bits per heavy atom. The molecule has 0 aromatic carbocycles. The highest BCUT2D eigenvalue weighted by Crippen LogP contribution is 2.25. The van der Waals surface area contributed by atoms with Gasteiger partial charge in [-0.2, -0.15) is 0 Å². The summed E-state index contributed by atoms with van der Waals surface area (Å²) in [6.07, 6.45) is 14.3. The van der Waals surface area contributed by atoms with Crippen LogP contribution >= 0.6 is 0 Å². The number of sulfonamides is 1. The van der Waals surface area contributed by atoms with E-state index < -0.39 is 10.0 Å². The molecule has 0 aliphatic carbocycles. The molecule has 1 atom stereocenters. The lowest BCUT2D eigenvalue weighted by atomic mass is 9.93. The monoisotopic (exact) mass is 385 g/mol. The molecule has 1 saturated heterocycles. The molecule has 3 aromatic heterocycles. The number of fused-ring (bicyclic) bond motifs is 1. The first kappa shape index (κ1) is 18.1. The van der Waals surface area contributed by atoms with Crippen LogP contribution in [0.2, 0.25) is 0 Å². The smallest absolute Gasteiger partial charge is 0.234 e. The quantitative estimate of drug-likeness (QED) is 0.689. The first-order chi connectivity index (χ1) is 13.0. The summed E-state index contributed by atoms with van der Waals surface area (Å²) in [6, 6.07) is 4.04. The Morgan fingerprint density at radius 1 is 1.15 bits per heavy atom. The van der Waals surface area contributed by atoms with Crippen LogP contribution in [0.25, 0.3) is 17.0 Å². The maximum atomic E-state index is 11.8. The fourth-order valence-electron chi connectivity index (χ4n) is 3.79. The van der Waals surface area contributed by atoms with Crippen LogP contribution in [0.4, 0.5) is 0 Å². The number of pyridine rings is 1. The normalized spacial score (nSPS) is 19.2.